The molecule has 0 bridgehead atoms. The standard InChI is InChI=1S/C14H15F2N3OS/c1-21-13(4-5-13)14(20,7-12-17-8-18-19-12)10-3-2-9(15)6-11(10)16/h2-3,6,8,20H,4-5,7H2,1H3,(H,17,18,19). The van der Waals surface area contributed by atoms with Gasteiger partial charge in [0.1, 0.15) is 23.6 Å². The lowest BCUT2D eigenvalue weighted by molar-refractivity contribution is 0.0210. The van der Waals surface area contributed by atoms with E-state index in [0.717, 1.165) is 25.0 Å². The molecule has 1 fully saturated rings. The van der Waals surface area contributed by atoms with E-state index < -0.39 is 22.0 Å². The van der Waals surface area contributed by atoms with E-state index in [1.54, 1.807) is 0 Å². The SMILES string of the molecule is CSC1(C(O)(Cc2nc[nH]n2)c2ccc(F)cc2F)CC1. The second-order valence-electron chi connectivity index (χ2n) is 5.27. The van der Waals surface area contributed by atoms with Gasteiger partial charge in [0.2, 0.25) is 0 Å². The molecule has 1 heterocycles. The molecule has 112 valence electrons. The Morgan fingerprint density at radius 1 is 1.43 bits per heavy atom. The molecule has 1 aliphatic rings. The number of hydrogen-bond acceptors (Lipinski definition) is 4. The van der Waals surface area contributed by atoms with Crippen LogP contribution in [0.25, 0.3) is 0 Å². The molecule has 0 amide bonds. The van der Waals surface area contributed by atoms with Gasteiger partial charge in [-0.15, -0.1) is 0 Å². The molecule has 1 unspecified atom stereocenters. The number of rotatable bonds is 5. The highest BCUT2D eigenvalue weighted by atomic mass is 32.2. The Morgan fingerprint density at radius 3 is 2.71 bits per heavy atom. The Labute approximate surface area is 125 Å². The summed E-state index contributed by atoms with van der Waals surface area (Å²) < 4.78 is 26.9. The Bertz CT molecular complexity index is 646. The fraction of sp³-hybridized carbons (Fsp3) is 0.429. The molecule has 1 atom stereocenters. The number of aromatic amines is 1. The van der Waals surface area contributed by atoms with Gasteiger partial charge in [-0.2, -0.15) is 16.9 Å². The highest BCUT2D eigenvalue weighted by Gasteiger charge is 2.60. The maximum atomic E-state index is 14.2. The number of H-pyrrole nitrogens is 1. The van der Waals surface area contributed by atoms with Crippen molar-refractivity contribution < 1.29 is 13.9 Å². The minimum absolute atomic E-state index is 0.0832. The maximum Gasteiger partial charge on any atom is 0.153 e. The van der Waals surface area contributed by atoms with E-state index in [1.165, 1.54) is 24.2 Å². The van der Waals surface area contributed by atoms with E-state index in [9.17, 15) is 13.9 Å². The summed E-state index contributed by atoms with van der Waals surface area (Å²) in [6.45, 7) is 0. The van der Waals surface area contributed by atoms with Crippen LogP contribution in [0.2, 0.25) is 0 Å². The highest BCUT2D eigenvalue weighted by molar-refractivity contribution is 8.00. The van der Waals surface area contributed by atoms with Crippen molar-refractivity contribution in [1.29, 1.82) is 0 Å². The summed E-state index contributed by atoms with van der Waals surface area (Å²) in [7, 11) is 0. The van der Waals surface area contributed by atoms with Gasteiger partial charge in [0.05, 0.1) is 0 Å². The molecule has 0 spiro atoms. The van der Waals surface area contributed by atoms with Crippen LogP contribution < -0.4 is 0 Å². The molecule has 4 nitrogen and oxygen atoms in total. The first-order valence-corrected chi connectivity index (χ1v) is 7.81. The number of benzene rings is 1. The first-order valence-electron chi connectivity index (χ1n) is 6.58. The van der Waals surface area contributed by atoms with Crippen molar-refractivity contribution in [3.05, 3.63) is 47.5 Å². The monoisotopic (exact) mass is 311 g/mol. The van der Waals surface area contributed by atoms with Crippen LogP contribution >= 0.6 is 11.8 Å². The van der Waals surface area contributed by atoms with Crippen molar-refractivity contribution in [2.75, 3.05) is 6.26 Å². The van der Waals surface area contributed by atoms with Gasteiger partial charge in [0, 0.05) is 22.8 Å². The van der Waals surface area contributed by atoms with E-state index in [1.807, 2.05) is 6.26 Å². The van der Waals surface area contributed by atoms with Crippen LogP contribution in [0, 0.1) is 11.6 Å². The molecule has 0 radical (unpaired) electrons. The lowest BCUT2D eigenvalue weighted by Gasteiger charge is -2.35. The van der Waals surface area contributed by atoms with Gasteiger partial charge in [-0.25, -0.2) is 13.8 Å². The number of aliphatic hydroxyl groups is 1. The summed E-state index contributed by atoms with van der Waals surface area (Å²) in [5.74, 6) is -1.000. The summed E-state index contributed by atoms with van der Waals surface area (Å²) in [4.78, 5) is 4.02. The molecular weight excluding hydrogens is 296 g/mol. The molecular formula is C14H15F2N3OS. The van der Waals surface area contributed by atoms with Gasteiger partial charge in [-0.1, -0.05) is 6.07 Å². The van der Waals surface area contributed by atoms with Crippen molar-refractivity contribution in [3.63, 3.8) is 0 Å². The van der Waals surface area contributed by atoms with Crippen LogP contribution in [0.3, 0.4) is 0 Å². The molecule has 7 heteroatoms. The summed E-state index contributed by atoms with van der Waals surface area (Å²) in [5, 5.41) is 17.8. The number of aromatic nitrogens is 3. The quantitative estimate of drug-likeness (QED) is 0.890. The molecule has 1 aromatic heterocycles. The number of hydrogen-bond donors (Lipinski definition) is 2. The molecule has 2 aromatic rings. The van der Waals surface area contributed by atoms with Crippen molar-refractivity contribution in [2.45, 2.75) is 29.6 Å². The zero-order valence-electron chi connectivity index (χ0n) is 11.4. The second kappa shape index (κ2) is 5.06. The van der Waals surface area contributed by atoms with Gasteiger partial charge < -0.3 is 5.11 Å². The van der Waals surface area contributed by atoms with Crippen LogP contribution in [0.15, 0.2) is 24.5 Å². The van der Waals surface area contributed by atoms with Crippen molar-refractivity contribution in [3.8, 4) is 0 Å². The molecule has 1 aromatic carbocycles. The number of halogens is 2. The van der Waals surface area contributed by atoms with Crippen LogP contribution in [-0.4, -0.2) is 31.3 Å². The molecule has 21 heavy (non-hydrogen) atoms. The molecule has 3 rings (SSSR count). The molecule has 1 saturated carbocycles. The predicted octanol–water partition coefficient (Wildman–Crippen LogP) is 2.41. The smallest absolute Gasteiger partial charge is 0.153 e. The lowest BCUT2D eigenvalue weighted by atomic mass is 9.84. The Hall–Kier alpha value is -1.47. The van der Waals surface area contributed by atoms with Crippen LogP contribution in [0.1, 0.15) is 24.2 Å². The van der Waals surface area contributed by atoms with E-state index >= 15 is 0 Å². The third-order valence-corrected chi connectivity index (χ3v) is 5.63. The molecule has 2 N–H and O–H groups in total. The average molecular weight is 311 g/mol. The summed E-state index contributed by atoms with van der Waals surface area (Å²) >= 11 is 1.50. The van der Waals surface area contributed by atoms with Gasteiger partial charge in [-0.3, -0.25) is 5.10 Å². The molecule has 0 saturated heterocycles. The zero-order valence-corrected chi connectivity index (χ0v) is 12.3. The van der Waals surface area contributed by atoms with Crippen molar-refractivity contribution >= 4 is 11.8 Å². The van der Waals surface area contributed by atoms with E-state index in [0.29, 0.717) is 5.82 Å². The fourth-order valence-electron chi connectivity index (χ4n) is 2.78. The average Bonchev–Trinajstić information content (AvgIpc) is 3.11. The van der Waals surface area contributed by atoms with E-state index in [-0.39, 0.29) is 12.0 Å². The summed E-state index contributed by atoms with van der Waals surface area (Å²) in [5.41, 5.74) is -1.37. The van der Waals surface area contributed by atoms with Crippen molar-refractivity contribution in [2.24, 2.45) is 0 Å². The normalized spacial score (nSPS) is 19.2. The highest BCUT2D eigenvalue weighted by Crippen LogP contribution is 2.59. The Balaban J connectivity index is 2.07. The maximum absolute atomic E-state index is 14.2. The van der Waals surface area contributed by atoms with Crippen LogP contribution in [-0.2, 0) is 12.0 Å². The first kappa shape index (κ1) is 14.5. The van der Waals surface area contributed by atoms with Gasteiger partial charge in [0.15, 0.2) is 5.82 Å². The third kappa shape index (κ3) is 2.34. The fourth-order valence-corrected chi connectivity index (χ4v) is 3.81. The van der Waals surface area contributed by atoms with Gasteiger partial charge >= 0.3 is 0 Å². The zero-order chi connectivity index (χ0) is 15.1. The minimum Gasteiger partial charge on any atom is -0.383 e. The van der Waals surface area contributed by atoms with Crippen LogP contribution in [0.5, 0.6) is 0 Å². The van der Waals surface area contributed by atoms with Gasteiger partial charge in [-0.05, 0) is 25.2 Å². The molecule has 0 aliphatic heterocycles. The predicted molar refractivity (Wildman–Crippen MR) is 75.8 cm³/mol. The number of nitrogens with zero attached hydrogens (tertiary/aromatic N) is 2. The van der Waals surface area contributed by atoms with E-state index in [2.05, 4.69) is 15.2 Å². The minimum atomic E-state index is -1.47. The second-order valence-corrected chi connectivity index (χ2v) is 6.46. The molecule has 1 aliphatic carbocycles. The topological polar surface area (TPSA) is 61.8 Å². The van der Waals surface area contributed by atoms with Gasteiger partial charge in [0.25, 0.3) is 0 Å². The van der Waals surface area contributed by atoms with Crippen molar-refractivity contribution in [1.82, 2.24) is 15.2 Å². The summed E-state index contributed by atoms with van der Waals surface area (Å²) in [6.07, 6.45) is 4.92. The first-order chi connectivity index (χ1) is 10.0. The van der Waals surface area contributed by atoms with E-state index in [4.69, 9.17) is 0 Å². The number of nitrogens with one attached hydrogen (secondary N) is 1. The van der Waals surface area contributed by atoms with Crippen LogP contribution in [0.4, 0.5) is 8.78 Å². The summed E-state index contributed by atoms with van der Waals surface area (Å²) in [6, 6.07) is 3.28. The third-order valence-electron chi connectivity index (χ3n) is 4.10. The Morgan fingerprint density at radius 2 is 2.19 bits per heavy atom. The lowest BCUT2D eigenvalue weighted by Crippen LogP contribution is -2.42. The Kier molecular flexibility index (Phi) is 3.49. The largest absolute Gasteiger partial charge is 0.383 e. The number of thioether (sulfide) groups is 1.